The van der Waals surface area contributed by atoms with E-state index in [1.54, 1.807) is 12.1 Å². The second-order valence-electron chi connectivity index (χ2n) is 6.02. The molecule has 2 aromatic carbocycles. The van der Waals surface area contributed by atoms with E-state index in [2.05, 4.69) is 10.6 Å². The number of hydrogen-bond donors (Lipinski definition) is 2. The second-order valence-corrected chi connectivity index (χ2v) is 6.86. The van der Waals surface area contributed by atoms with Crippen molar-refractivity contribution >= 4 is 35.0 Å². The summed E-state index contributed by atoms with van der Waals surface area (Å²) < 4.78 is 33.4. The van der Waals surface area contributed by atoms with Gasteiger partial charge in [-0.15, -0.1) is 11.8 Å². The summed E-state index contributed by atoms with van der Waals surface area (Å²) in [5.41, 5.74) is -0.0747. The van der Waals surface area contributed by atoms with E-state index in [-0.39, 0.29) is 23.8 Å². The number of benzene rings is 2. The standard InChI is InChI=1S/C19H18F2N2O3S/c1-27-17-5-3-2-4-15(17)22-19(25)12-8-16(14(21)9-13(12)20)23-18(24)11-6-7-26-10-11/h2-5,8-9,11H,6-7,10H2,1H3,(H,22,25)(H,23,24). The predicted molar refractivity (Wildman–Crippen MR) is 100 cm³/mol. The largest absolute Gasteiger partial charge is 0.381 e. The topological polar surface area (TPSA) is 67.4 Å². The molecule has 142 valence electrons. The number of rotatable bonds is 5. The number of amides is 2. The first-order valence-corrected chi connectivity index (χ1v) is 9.54. The minimum Gasteiger partial charge on any atom is -0.381 e. The van der Waals surface area contributed by atoms with E-state index < -0.39 is 23.4 Å². The molecule has 1 saturated heterocycles. The quantitative estimate of drug-likeness (QED) is 0.757. The van der Waals surface area contributed by atoms with Gasteiger partial charge in [0.25, 0.3) is 5.91 Å². The van der Waals surface area contributed by atoms with E-state index >= 15 is 0 Å². The summed E-state index contributed by atoms with van der Waals surface area (Å²) in [5.74, 6) is -3.49. The summed E-state index contributed by atoms with van der Waals surface area (Å²) in [4.78, 5) is 25.5. The Kier molecular flexibility index (Phi) is 6.08. The smallest absolute Gasteiger partial charge is 0.258 e. The summed E-state index contributed by atoms with van der Waals surface area (Å²) in [6.45, 7) is 0.722. The van der Waals surface area contributed by atoms with Crippen molar-refractivity contribution < 1.29 is 23.1 Å². The van der Waals surface area contributed by atoms with E-state index in [1.165, 1.54) is 11.8 Å². The van der Waals surface area contributed by atoms with Crippen LogP contribution in [0.5, 0.6) is 0 Å². The van der Waals surface area contributed by atoms with E-state index in [0.717, 1.165) is 11.0 Å². The molecule has 2 amide bonds. The minimum absolute atomic E-state index is 0.239. The van der Waals surface area contributed by atoms with Crippen molar-refractivity contribution in [2.45, 2.75) is 11.3 Å². The number of hydrogen-bond acceptors (Lipinski definition) is 4. The van der Waals surface area contributed by atoms with Gasteiger partial charge in [0.2, 0.25) is 5.91 Å². The SMILES string of the molecule is CSc1ccccc1NC(=O)c1cc(NC(=O)C2CCOC2)c(F)cc1F. The lowest BCUT2D eigenvalue weighted by Gasteiger charge is -2.13. The maximum atomic E-state index is 14.2. The van der Waals surface area contributed by atoms with Gasteiger partial charge in [0.15, 0.2) is 0 Å². The van der Waals surface area contributed by atoms with Gasteiger partial charge >= 0.3 is 0 Å². The lowest BCUT2D eigenvalue weighted by atomic mass is 10.1. The molecular formula is C19H18F2N2O3S. The molecule has 1 atom stereocenters. The van der Waals surface area contributed by atoms with Crippen LogP contribution in [-0.2, 0) is 9.53 Å². The highest BCUT2D eigenvalue weighted by Crippen LogP contribution is 2.27. The highest BCUT2D eigenvalue weighted by atomic mass is 32.2. The zero-order valence-corrected chi connectivity index (χ0v) is 15.4. The minimum atomic E-state index is -1.01. The van der Waals surface area contributed by atoms with Crippen LogP contribution in [0.3, 0.4) is 0 Å². The average Bonchev–Trinajstić information content (AvgIpc) is 3.19. The van der Waals surface area contributed by atoms with Crippen molar-refractivity contribution in [3.8, 4) is 0 Å². The molecular weight excluding hydrogens is 374 g/mol. The van der Waals surface area contributed by atoms with E-state index in [9.17, 15) is 18.4 Å². The van der Waals surface area contributed by atoms with Crippen LogP contribution in [0.15, 0.2) is 41.3 Å². The second kappa shape index (κ2) is 8.49. The van der Waals surface area contributed by atoms with Crippen LogP contribution in [0.1, 0.15) is 16.8 Å². The molecule has 1 aliphatic heterocycles. The third-order valence-electron chi connectivity index (χ3n) is 4.21. The van der Waals surface area contributed by atoms with E-state index in [0.29, 0.717) is 24.8 Å². The Bertz CT molecular complexity index is 870. The van der Waals surface area contributed by atoms with Gasteiger partial charge in [-0.2, -0.15) is 0 Å². The van der Waals surface area contributed by atoms with Crippen LogP contribution in [-0.4, -0.2) is 31.3 Å². The molecule has 27 heavy (non-hydrogen) atoms. The maximum Gasteiger partial charge on any atom is 0.258 e. The zero-order valence-electron chi connectivity index (χ0n) is 14.6. The zero-order chi connectivity index (χ0) is 19.4. The van der Waals surface area contributed by atoms with Crippen LogP contribution in [0.2, 0.25) is 0 Å². The first kappa shape index (κ1) is 19.3. The third-order valence-corrected chi connectivity index (χ3v) is 5.01. The molecule has 2 N–H and O–H groups in total. The monoisotopic (exact) mass is 392 g/mol. The summed E-state index contributed by atoms with van der Waals surface area (Å²) in [7, 11) is 0. The van der Waals surface area contributed by atoms with E-state index in [4.69, 9.17) is 4.74 Å². The number of nitrogens with one attached hydrogen (secondary N) is 2. The van der Waals surface area contributed by atoms with Crippen LogP contribution >= 0.6 is 11.8 Å². The molecule has 0 bridgehead atoms. The summed E-state index contributed by atoms with van der Waals surface area (Å²) >= 11 is 1.43. The third kappa shape index (κ3) is 4.45. The van der Waals surface area contributed by atoms with Crippen LogP contribution < -0.4 is 10.6 Å². The number of thioether (sulfide) groups is 1. The molecule has 1 heterocycles. The fourth-order valence-electron chi connectivity index (χ4n) is 2.73. The summed E-state index contributed by atoms with van der Waals surface area (Å²) in [6, 6.07) is 8.67. The highest BCUT2D eigenvalue weighted by Gasteiger charge is 2.25. The van der Waals surface area contributed by atoms with Crippen molar-refractivity contribution in [3.05, 3.63) is 53.6 Å². The molecule has 3 rings (SSSR count). The van der Waals surface area contributed by atoms with Gasteiger partial charge in [0, 0.05) is 17.6 Å². The normalized spacial score (nSPS) is 16.2. The lowest BCUT2D eigenvalue weighted by Crippen LogP contribution is -2.24. The van der Waals surface area contributed by atoms with Crippen LogP contribution in [0.4, 0.5) is 20.2 Å². The Labute approximate surface area is 159 Å². The number of carbonyl (C=O) groups excluding carboxylic acids is 2. The van der Waals surface area contributed by atoms with Gasteiger partial charge in [-0.1, -0.05) is 12.1 Å². The van der Waals surface area contributed by atoms with Gasteiger partial charge in [-0.05, 0) is 30.9 Å². The molecule has 1 aliphatic rings. The molecule has 2 aromatic rings. The number of ether oxygens (including phenoxy) is 1. The number of anilines is 2. The van der Waals surface area contributed by atoms with Crippen molar-refractivity contribution in [2.24, 2.45) is 5.92 Å². The predicted octanol–water partition coefficient (Wildman–Crippen LogP) is 3.91. The van der Waals surface area contributed by atoms with Crippen molar-refractivity contribution in [2.75, 3.05) is 30.1 Å². The molecule has 1 unspecified atom stereocenters. The van der Waals surface area contributed by atoms with Gasteiger partial charge in [0.1, 0.15) is 11.6 Å². The lowest BCUT2D eigenvalue weighted by molar-refractivity contribution is -0.119. The number of carbonyl (C=O) groups is 2. The fraction of sp³-hybridized carbons (Fsp3) is 0.263. The van der Waals surface area contributed by atoms with Gasteiger partial charge < -0.3 is 15.4 Å². The van der Waals surface area contributed by atoms with Crippen molar-refractivity contribution in [3.63, 3.8) is 0 Å². The molecule has 5 nitrogen and oxygen atoms in total. The Morgan fingerprint density at radius 3 is 2.59 bits per heavy atom. The Hall–Kier alpha value is -2.45. The summed E-state index contributed by atoms with van der Waals surface area (Å²) in [6.07, 6.45) is 2.39. The average molecular weight is 392 g/mol. The first-order valence-electron chi connectivity index (χ1n) is 8.31. The summed E-state index contributed by atoms with van der Waals surface area (Å²) in [5, 5.41) is 5.04. The molecule has 8 heteroatoms. The van der Waals surface area contributed by atoms with Crippen molar-refractivity contribution in [1.82, 2.24) is 0 Å². The van der Waals surface area contributed by atoms with Gasteiger partial charge in [-0.25, -0.2) is 8.78 Å². The van der Waals surface area contributed by atoms with Crippen molar-refractivity contribution in [1.29, 1.82) is 0 Å². The number of para-hydroxylation sites is 1. The van der Waals surface area contributed by atoms with Gasteiger partial charge in [0.05, 0.1) is 29.5 Å². The molecule has 0 aromatic heterocycles. The maximum absolute atomic E-state index is 14.2. The Morgan fingerprint density at radius 1 is 1.11 bits per heavy atom. The molecule has 0 spiro atoms. The Balaban J connectivity index is 1.82. The first-order chi connectivity index (χ1) is 13.0. The van der Waals surface area contributed by atoms with Crippen LogP contribution in [0.25, 0.3) is 0 Å². The Morgan fingerprint density at radius 2 is 1.89 bits per heavy atom. The molecule has 0 saturated carbocycles. The fourth-order valence-corrected chi connectivity index (χ4v) is 3.29. The molecule has 0 aliphatic carbocycles. The van der Waals surface area contributed by atoms with Crippen LogP contribution in [0, 0.1) is 17.6 Å². The number of halogens is 2. The molecule has 1 fully saturated rings. The van der Waals surface area contributed by atoms with E-state index in [1.807, 2.05) is 18.4 Å². The van der Waals surface area contributed by atoms with Gasteiger partial charge in [-0.3, -0.25) is 9.59 Å². The highest BCUT2D eigenvalue weighted by molar-refractivity contribution is 7.98. The molecule has 0 radical (unpaired) electrons.